The summed E-state index contributed by atoms with van der Waals surface area (Å²) < 4.78 is 29.8. The smallest absolute Gasteiger partial charge is 0.246 e. The van der Waals surface area contributed by atoms with Gasteiger partial charge in [0.2, 0.25) is 15.9 Å². The zero-order valence-corrected chi connectivity index (χ0v) is 18.5. The topological polar surface area (TPSA) is 96.3 Å². The fraction of sp³-hybridized carbons (Fsp3) is 0.778. The van der Waals surface area contributed by atoms with E-state index in [0.717, 1.165) is 32.2 Å². The highest BCUT2D eigenvalue weighted by Gasteiger charge is 2.34. The van der Waals surface area contributed by atoms with E-state index >= 15 is 0 Å². The Hall–Kier alpha value is -1.16. The van der Waals surface area contributed by atoms with E-state index < -0.39 is 10.0 Å². The van der Waals surface area contributed by atoms with Gasteiger partial charge < -0.3 is 10.6 Å². The molecule has 0 saturated carbocycles. The van der Waals surface area contributed by atoms with Gasteiger partial charge in [-0.3, -0.25) is 9.48 Å². The van der Waals surface area contributed by atoms with E-state index in [1.807, 2.05) is 13.8 Å². The van der Waals surface area contributed by atoms with E-state index in [2.05, 4.69) is 15.7 Å². The van der Waals surface area contributed by atoms with Crippen LogP contribution in [0.1, 0.15) is 44.0 Å². The summed E-state index contributed by atoms with van der Waals surface area (Å²) in [5.41, 5.74) is 1.25. The van der Waals surface area contributed by atoms with Gasteiger partial charge in [0.1, 0.15) is 4.90 Å². The highest BCUT2D eigenvalue weighted by molar-refractivity contribution is 7.89. The molecule has 2 fully saturated rings. The second kappa shape index (κ2) is 9.56. The molecule has 2 aliphatic rings. The number of carbonyl (C=O) groups excluding carboxylic acids is 1. The summed E-state index contributed by atoms with van der Waals surface area (Å²) >= 11 is 0. The van der Waals surface area contributed by atoms with Crippen molar-refractivity contribution >= 4 is 28.3 Å². The summed E-state index contributed by atoms with van der Waals surface area (Å²) in [6, 6.07) is -0.0985. The van der Waals surface area contributed by atoms with E-state index in [4.69, 9.17) is 0 Å². The highest BCUT2D eigenvalue weighted by Crippen LogP contribution is 2.27. The molecule has 0 aliphatic carbocycles. The van der Waals surface area contributed by atoms with Gasteiger partial charge in [-0.2, -0.15) is 9.40 Å². The number of carbonyl (C=O) groups is 1. The van der Waals surface area contributed by atoms with Gasteiger partial charge in [-0.25, -0.2) is 8.42 Å². The molecule has 0 aromatic carbocycles. The number of hydrogen-bond acceptors (Lipinski definition) is 5. The third-order valence-corrected chi connectivity index (χ3v) is 7.75. The maximum absolute atomic E-state index is 13.2. The first kappa shape index (κ1) is 23.1. The average molecular weight is 434 g/mol. The Morgan fingerprint density at radius 3 is 2.64 bits per heavy atom. The lowest BCUT2D eigenvalue weighted by Gasteiger charge is -2.32. The average Bonchev–Trinajstić information content (AvgIpc) is 3.28. The molecule has 2 atom stereocenters. The number of rotatable bonds is 6. The van der Waals surface area contributed by atoms with Gasteiger partial charge in [0.25, 0.3) is 0 Å². The molecule has 1 amide bonds. The van der Waals surface area contributed by atoms with Crippen molar-refractivity contribution in [2.75, 3.05) is 26.2 Å². The molecule has 160 valence electrons. The van der Waals surface area contributed by atoms with E-state index in [1.165, 1.54) is 0 Å². The summed E-state index contributed by atoms with van der Waals surface area (Å²) in [7, 11) is -3.57. The maximum Gasteiger partial charge on any atom is 0.246 e. The van der Waals surface area contributed by atoms with Crippen molar-refractivity contribution in [2.45, 2.75) is 63.9 Å². The van der Waals surface area contributed by atoms with Crippen molar-refractivity contribution in [2.24, 2.45) is 5.92 Å². The first-order valence-corrected chi connectivity index (χ1v) is 11.3. The number of sulfonamides is 1. The molecule has 0 radical (unpaired) electrons. The van der Waals surface area contributed by atoms with Crippen molar-refractivity contribution in [3.63, 3.8) is 0 Å². The fourth-order valence-electron chi connectivity index (χ4n) is 4.18. The summed E-state index contributed by atoms with van der Waals surface area (Å²) in [6.07, 6.45) is 3.63. The molecule has 0 bridgehead atoms. The first-order valence-electron chi connectivity index (χ1n) is 9.89. The third kappa shape index (κ3) is 4.69. The van der Waals surface area contributed by atoms with Gasteiger partial charge in [-0.15, -0.1) is 12.4 Å². The number of hydrogen-bond donors (Lipinski definition) is 2. The van der Waals surface area contributed by atoms with Crippen molar-refractivity contribution < 1.29 is 13.2 Å². The number of aryl methyl sites for hydroxylation is 2. The lowest BCUT2D eigenvalue weighted by molar-refractivity contribution is -0.123. The van der Waals surface area contributed by atoms with Crippen LogP contribution in [0.25, 0.3) is 0 Å². The molecular weight excluding hydrogens is 402 g/mol. The number of nitrogens with one attached hydrogen (secondary N) is 2. The van der Waals surface area contributed by atoms with E-state index in [0.29, 0.717) is 42.5 Å². The molecule has 3 heterocycles. The minimum absolute atomic E-state index is 0. The molecule has 2 saturated heterocycles. The number of aromatic nitrogens is 2. The van der Waals surface area contributed by atoms with E-state index in [9.17, 15) is 13.2 Å². The summed E-state index contributed by atoms with van der Waals surface area (Å²) in [6.45, 7) is 8.53. The number of nitrogens with zero attached hydrogens (tertiary/aromatic N) is 3. The molecule has 8 nitrogen and oxygen atoms in total. The lowest BCUT2D eigenvalue weighted by Crippen LogP contribution is -2.46. The van der Waals surface area contributed by atoms with Crippen molar-refractivity contribution in [1.82, 2.24) is 24.7 Å². The zero-order chi connectivity index (χ0) is 19.6. The van der Waals surface area contributed by atoms with Crippen molar-refractivity contribution in [3.05, 3.63) is 11.4 Å². The number of piperidine rings is 1. The zero-order valence-electron chi connectivity index (χ0n) is 16.9. The Morgan fingerprint density at radius 2 is 2.04 bits per heavy atom. The maximum atomic E-state index is 13.2. The first-order chi connectivity index (χ1) is 12.8. The van der Waals surface area contributed by atoms with Gasteiger partial charge in [-0.1, -0.05) is 0 Å². The SMILES string of the molecule is CCn1nc(C)c(S(=O)(=O)N2CCCC(CNC(=O)C3CCCN3)C2)c1C.Cl. The molecule has 28 heavy (non-hydrogen) atoms. The highest BCUT2D eigenvalue weighted by atomic mass is 35.5. The molecule has 1 aromatic rings. The summed E-state index contributed by atoms with van der Waals surface area (Å²) in [4.78, 5) is 12.5. The molecular formula is C18H32ClN5O3S. The van der Waals surface area contributed by atoms with Crippen LogP contribution in [0.4, 0.5) is 0 Å². The summed E-state index contributed by atoms with van der Waals surface area (Å²) in [5, 5.41) is 10.6. The molecule has 10 heteroatoms. The van der Waals surface area contributed by atoms with Crippen LogP contribution in [0.3, 0.4) is 0 Å². The van der Waals surface area contributed by atoms with Crippen LogP contribution in [0, 0.1) is 19.8 Å². The van der Waals surface area contributed by atoms with Crippen LogP contribution >= 0.6 is 12.4 Å². The van der Waals surface area contributed by atoms with Crippen LogP contribution in [-0.2, 0) is 21.4 Å². The van der Waals surface area contributed by atoms with Gasteiger partial charge in [0.15, 0.2) is 0 Å². The van der Waals surface area contributed by atoms with Gasteiger partial charge in [0.05, 0.1) is 17.4 Å². The number of halogens is 1. The van der Waals surface area contributed by atoms with E-state index in [1.54, 1.807) is 15.9 Å². The summed E-state index contributed by atoms with van der Waals surface area (Å²) in [5.74, 6) is 0.170. The van der Waals surface area contributed by atoms with Crippen LogP contribution in [0.2, 0.25) is 0 Å². The second-order valence-electron chi connectivity index (χ2n) is 7.58. The Bertz CT molecular complexity index is 789. The van der Waals surface area contributed by atoms with Gasteiger partial charge >= 0.3 is 0 Å². The second-order valence-corrected chi connectivity index (χ2v) is 9.46. The van der Waals surface area contributed by atoms with Crippen LogP contribution in [0.15, 0.2) is 4.90 Å². The normalized spacial score (nSPS) is 23.4. The standard InChI is InChI=1S/C18H31N5O3S.ClH/c1-4-23-14(3)17(13(2)21-23)27(25,26)22-10-6-7-15(12-22)11-20-18(24)16-8-5-9-19-16;/h15-16,19H,4-12H2,1-3H3,(H,20,24);1H. The molecule has 3 rings (SSSR count). The largest absolute Gasteiger partial charge is 0.354 e. The third-order valence-electron chi connectivity index (χ3n) is 5.64. The van der Waals surface area contributed by atoms with Gasteiger partial charge in [0, 0.05) is 26.2 Å². The number of amides is 1. The predicted molar refractivity (Wildman–Crippen MR) is 110 cm³/mol. The molecule has 2 N–H and O–H groups in total. The molecule has 1 aromatic heterocycles. The Labute approximate surface area is 173 Å². The minimum atomic E-state index is -3.57. The molecule has 0 spiro atoms. The van der Waals surface area contributed by atoms with Crippen molar-refractivity contribution in [1.29, 1.82) is 0 Å². The van der Waals surface area contributed by atoms with E-state index in [-0.39, 0.29) is 30.3 Å². The Morgan fingerprint density at radius 1 is 1.29 bits per heavy atom. The van der Waals surface area contributed by atoms with Crippen molar-refractivity contribution in [3.8, 4) is 0 Å². The van der Waals surface area contributed by atoms with Gasteiger partial charge in [-0.05, 0) is 58.9 Å². The molecule has 2 aliphatic heterocycles. The predicted octanol–water partition coefficient (Wildman–Crippen LogP) is 1.21. The Kier molecular flexibility index (Phi) is 7.89. The minimum Gasteiger partial charge on any atom is -0.354 e. The van der Waals surface area contributed by atoms with Crippen LogP contribution in [0.5, 0.6) is 0 Å². The fourth-order valence-corrected chi connectivity index (χ4v) is 6.11. The molecule has 2 unspecified atom stereocenters. The monoisotopic (exact) mass is 433 g/mol. The van der Waals surface area contributed by atoms with Crippen LogP contribution < -0.4 is 10.6 Å². The van der Waals surface area contributed by atoms with Crippen LogP contribution in [-0.4, -0.2) is 60.6 Å². The quantitative estimate of drug-likeness (QED) is 0.702. The Balaban J connectivity index is 0.00000280. The lowest BCUT2D eigenvalue weighted by atomic mass is 9.99.